The Bertz CT molecular complexity index is 709. The van der Waals surface area contributed by atoms with Crippen molar-refractivity contribution in [2.45, 2.75) is 76.1 Å². The average Bonchev–Trinajstić information content (AvgIpc) is 2.75. The average molecular weight is 430 g/mol. The quantitative estimate of drug-likeness (QED) is 0.234. The Kier molecular flexibility index (Phi) is 14.5. The molecule has 0 aromatic heterocycles. The van der Waals surface area contributed by atoms with Crippen molar-refractivity contribution < 1.29 is 15.0 Å². The minimum atomic E-state index is -0.846. The van der Waals surface area contributed by atoms with Crippen molar-refractivity contribution in [3.8, 4) is 6.07 Å². The number of aliphatic hydroxyl groups is 1. The second kappa shape index (κ2) is 16.7. The highest BCUT2D eigenvalue weighted by molar-refractivity contribution is 8.00. The van der Waals surface area contributed by atoms with Crippen molar-refractivity contribution in [1.29, 1.82) is 5.26 Å². The number of allylic oxidation sites excluding steroid dienone is 3. The SMILES string of the molecule is CCCCCCCCCC=CC=C[C@H](SCCC(=O)O)[C@H](O)c1cccc(C#N)c1. The largest absolute Gasteiger partial charge is 0.481 e. The van der Waals surface area contributed by atoms with Crippen LogP contribution in [0, 0.1) is 11.3 Å². The molecule has 0 amide bonds. The fourth-order valence-corrected chi connectivity index (χ4v) is 4.19. The maximum atomic E-state index is 10.8. The van der Waals surface area contributed by atoms with Gasteiger partial charge in [-0.15, -0.1) is 0 Å². The number of benzene rings is 1. The Morgan fingerprint density at radius 1 is 1.17 bits per heavy atom. The van der Waals surface area contributed by atoms with E-state index in [9.17, 15) is 9.90 Å². The van der Waals surface area contributed by atoms with Gasteiger partial charge in [-0.3, -0.25) is 4.79 Å². The third-order valence-electron chi connectivity index (χ3n) is 4.82. The molecule has 0 saturated heterocycles. The molecule has 2 N–H and O–H groups in total. The molecule has 0 aliphatic rings. The molecule has 0 saturated carbocycles. The molecule has 164 valence electrons. The van der Waals surface area contributed by atoms with Gasteiger partial charge in [-0.25, -0.2) is 0 Å². The van der Waals surface area contributed by atoms with E-state index in [0.717, 1.165) is 6.42 Å². The lowest BCUT2D eigenvalue weighted by Crippen LogP contribution is -2.14. The smallest absolute Gasteiger partial charge is 0.304 e. The monoisotopic (exact) mass is 429 g/mol. The third kappa shape index (κ3) is 11.8. The van der Waals surface area contributed by atoms with Gasteiger partial charge in [0.25, 0.3) is 0 Å². The summed E-state index contributed by atoms with van der Waals surface area (Å²) in [5.74, 6) is -0.429. The number of aliphatic hydroxyl groups excluding tert-OH is 1. The minimum Gasteiger partial charge on any atom is -0.481 e. The zero-order chi connectivity index (χ0) is 22.0. The predicted octanol–water partition coefficient (Wildman–Crippen LogP) is 6.42. The van der Waals surface area contributed by atoms with E-state index in [4.69, 9.17) is 10.4 Å². The van der Waals surface area contributed by atoms with Gasteiger partial charge in [-0.1, -0.05) is 81.9 Å². The lowest BCUT2D eigenvalue weighted by molar-refractivity contribution is -0.136. The fraction of sp³-hybridized carbons (Fsp3) is 0.520. The predicted molar refractivity (Wildman–Crippen MR) is 126 cm³/mol. The summed E-state index contributed by atoms with van der Waals surface area (Å²) in [5, 5.41) is 28.5. The topological polar surface area (TPSA) is 81.3 Å². The van der Waals surface area contributed by atoms with Crippen LogP contribution in [0.4, 0.5) is 0 Å². The Morgan fingerprint density at radius 2 is 1.90 bits per heavy atom. The Balaban J connectivity index is 2.54. The molecule has 1 aromatic rings. The lowest BCUT2D eigenvalue weighted by atomic mass is 10.0. The van der Waals surface area contributed by atoms with Gasteiger partial charge in [0.05, 0.1) is 29.4 Å². The zero-order valence-electron chi connectivity index (χ0n) is 18.0. The molecule has 0 unspecified atom stereocenters. The summed E-state index contributed by atoms with van der Waals surface area (Å²) in [5.41, 5.74) is 1.16. The van der Waals surface area contributed by atoms with Gasteiger partial charge >= 0.3 is 5.97 Å². The first kappa shape index (κ1) is 26.0. The molecule has 30 heavy (non-hydrogen) atoms. The number of carbonyl (C=O) groups is 1. The van der Waals surface area contributed by atoms with Crippen LogP contribution in [0.3, 0.4) is 0 Å². The van der Waals surface area contributed by atoms with Crippen LogP contribution >= 0.6 is 11.8 Å². The van der Waals surface area contributed by atoms with Crippen LogP contribution < -0.4 is 0 Å². The van der Waals surface area contributed by atoms with Crippen molar-refractivity contribution in [2.24, 2.45) is 0 Å². The normalized spacial score (nSPS) is 13.5. The molecule has 5 heteroatoms. The van der Waals surface area contributed by atoms with E-state index in [2.05, 4.69) is 19.1 Å². The van der Waals surface area contributed by atoms with E-state index in [1.165, 1.54) is 56.7 Å². The highest BCUT2D eigenvalue weighted by atomic mass is 32.2. The van der Waals surface area contributed by atoms with Crippen molar-refractivity contribution in [3.63, 3.8) is 0 Å². The van der Waals surface area contributed by atoms with E-state index in [1.807, 2.05) is 18.2 Å². The summed E-state index contributed by atoms with van der Waals surface area (Å²) in [6.45, 7) is 2.23. The number of hydrogen-bond donors (Lipinski definition) is 2. The molecular weight excluding hydrogens is 394 g/mol. The molecule has 0 aliphatic heterocycles. The summed E-state index contributed by atoms with van der Waals surface area (Å²) in [7, 11) is 0. The van der Waals surface area contributed by atoms with Gasteiger partial charge in [0.15, 0.2) is 0 Å². The van der Waals surface area contributed by atoms with Gasteiger partial charge in [0.2, 0.25) is 0 Å². The van der Waals surface area contributed by atoms with Crippen LogP contribution in [0.2, 0.25) is 0 Å². The van der Waals surface area contributed by atoms with Gasteiger partial charge < -0.3 is 10.2 Å². The highest BCUT2D eigenvalue weighted by Crippen LogP contribution is 2.29. The summed E-state index contributed by atoms with van der Waals surface area (Å²) in [4.78, 5) is 10.8. The van der Waals surface area contributed by atoms with E-state index in [-0.39, 0.29) is 11.7 Å². The fourth-order valence-electron chi connectivity index (χ4n) is 3.08. The molecule has 1 rings (SSSR count). The maximum absolute atomic E-state index is 10.8. The summed E-state index contributed by atoms with van der Waals surface area (Å²) >= 11 is 1.41. The first-order chi connectivity index (χ1) is 14.6. The molecular formula is C25H35NO3S. The Labute approximate surface area is 185 Å². The van der Waals surface area contributed by atoms with E-state index >= 15 is 0 Å². The van der Waals surface area contributed by atoms with E-state index in [0.29, 0.717) is 16.9 Å². The molecule has 0 radical (unpaired) electrons. The molecule has 0 spiro atoms. The van der Waals surface area contributed by atoms with Crippen molar-refractivity contribution in [3.05, 3.63) is 59.7 Å². The number of aliphatic carboxylic acids is 1. The number of nitriles is 1. The third-order valence-corrected chi connectivity index (χ3v) is 6.06. The Hall–Kier alpha value is -2.03. The lowest BCUT2D eigenvalue weighted by Gasteiger charge is -2.20. The number of carboxylic acid groups (broad SMARTS) is 1. The minimum absolute atomic E-state index is 0.0497. The number of rotatable bonds is 16. The second-order valence-electron chi connectivity index (χ2n) is 7.38. The second-order valence-corrected chi connectivity index (χ2v) is 8.67. The molecule has 0 fully saturated rings. The number of unbranched alkanes of at least 4 members (excludes halogenated alkanes) is 7. The van der Waals surface area contributed by atoms with Crippen LogP contribution in [0.15, 0.2) is 48.6 Å². The summed E-state index contributed by atoms with van der Waals surface area (Å²) < 4.78 is 0. The van der Waals surface area contributed by atoms with Crippen molar-refractivity contribution in [1.82, 2.24) is 0 Å². The van der Waals surface area contributed by atoms with Gasteiger partial charge in [-0.2, -0.15) is 17.0 Å². The van der Waals surface area contributed by atoms with Crippen LogP contribution in [-0.4, -0.2) is 27.2 Å². The first-order valence-corrected chi connectivity index (χ1v) is 12.0. The molecule has 1 aromatic carbocycles. The maximum Gasteiger partial charge on any atom is 0.304 e. The molecule has 0 bridgehead atoms. The summed E-state index contributed by atoms with van der Waals surface area (Å²) in [6.07, 6.45) is 17.3. The highest BCUT2D eigenvalue weighted by Gasteiger charge is 2.19. The Morgan fingerprint density at radius 3 is 2.60 bits per heavy atom. The van der Waals surface area contributed by atoms with Crippen LogP contribution in [0.1, 0.15) is 81.9 Å². The molecule has 2 atom stereocenters. The van der Waals surface area contributed by atoms with Crippen LogP contribution in [0.25, 0.3) is 0 Å². The molecule has 4 nitrogen and oxygen atoms in total. The van der Waals surface area contributed by atoms with Crippen molar-refractivity contribution in [2.75, 3.05) is 5.75 Å². The molecule has 0 heterocycles. The van der Waals surface area contributed by atoms with Gasteiger partial charge in [0.1, 0.15) is 0 Å². The van der Waals surface area contributed by atoms with Gasteiger partial charge in [-0.05, 0) is 30.5 Å². The number of hydrogen-bond acceptors (Lipinski definition) is 4. The van der Waals surface area contributed by atoms with Crippen LogP contribution in [0.5, 0.6) is 0 Å². The van der Waals surface area contributed by atoms with Gasteiger partial charge in [0, 0.05) is 5.75 Å². The first-order valence-electron chi connectivity index (χ1n) is 10.9. The van der Waals surface area contributed by atoms with E-state index < -0.39 is 12.1 Å². The van der Waals surface area contributed by atoms with Crippen molar-refractivity contribution >= 4 is 17.7 Å². The number of nitrogens with zero attached hydrogens (tertiary/aromatic N) is 1. The molecule has 0 aliphatic carbocycles. The summed E-state index contributed by atoms with van der Waals surface area (Å²) in [6, 6.07) is 9.01. The standard InChI is InChI=1S/C25H35NO3S/c1-2-3-4-5-6-7-8-9-10-11-12-16-23(30-18-17-24(27)28)25(29)22-15-13-14-21(19-22)20-26/h10-16,19,23,25,29H,2-9,17-18H2,1H3,(H,27,28)/t23-,25+/m0/s1. The van der Waals surface area contributed by atoms with E-state index in [1.54, 1.807) is 24.3 Å². The zero-order valence-corrected chi connectivity index (χ0v) is 18.8. The number of carboxylic acids is 1. The number of thioether (sulfide) groups is 1. The van der Waals surface area contributed by atoms with Crippen LogP contribution in [-0.2, 0) is 4.79 Å².